The molecule has 0 aromatic carbocycles. The molecular weight excluding hydrogens is 488 g/mol. The molecule has 0 amide bonds. The zero-order chi connectivity index (χ0) is 28.6. The molecule has 2 aliphatic rings. The van der Waals surface area contributed by atoms with E-state index in [1.807, 2.05) is 0 Å². The van der Waals surface area contributed by atoms with Gasteiger partial charge in [-0.15, -0.1) is 0 Å². The summed E-state index contributed by atoms with van der Waals surface area (Å²) in [5, 5.41) is 4.92. The summed E-state index contributed by atoms with van der Waals surface area (Å²) in [6, 6.07) is 0.0762. The second-order valence-corrected chi connectivity index (χ2v) is 11.1. The van der Waals surface area contributed by atoms with Crippen LogP contribution in [-0.2, 0) is 38.5 Å². The van der Waals surface area contributed by atoms with Gasteiger partial charge in [0.05, 0.1) is 11.8 Å². The van der Waals surface area contributed by atoms with E-state index in [2.05, 4.69) is 94.6 Å². The topological polar surface area (TPSA) is 59.7 Å². The molecule has 8 bridgehead atoms. The van der Waals surface area contributed by atoms with Gasteiger partial charge in [0, 0.05) is 32.8 Å². The minimum absolute atomic E-state index is 0.0762. The van der Waals surface area contributed by atoms with Crippen molar-refractivity contribution in [2.24, 2.45) is 4.99 Å². The lowest BCUT2D eigenvalue weighted by molar-refractivity contribution is 0.915. The van der Waals surface area contributed by atoms with Crippen LogP contribution in [0, 0.1) is 0 Å². The van der Waals surface area contributed by atoms with E-state index in [-0.39, 0.29) is 6.04 Å². The Balaban J connectivity index is 1.96. The molecular formula is C36H48N4. The van der Waals surface area contributed by atoms with E-state index in [1.165, 1.54) is 77.3 Å². The predicted octanol–water partition coefficient (Wildman–Crippen LogP) is 5.22. The Hall–Kier alpha value is -3.27. The Morgan fingerprint density at radius 2 is 0.950 bits per heavy atom. The first kappa shape index (κ1) is 28.3. The second-order valence-electron chi connectivity index (χ2n) is 11.1. The summed E-state index contributed by atoms with van der Waals surface area (Å²) in [5.41, 5.74) is 15.0. The number of hydrogen-bond donors (Lipinski definition) is 3. The molecule has 4 nitrogen and oxygen atoms in total. The fraction of sp³-hybridized carbons (Fsp3) is 0.472. The minimum Gasteiger partial charge on any atom is -0.355 e. The van der Waals surface area contributed by atoms with Gasteiger partial charge in [-0.2, -0.15) is 0 Å². The maximum atomic E-state index is 5.38. The molecule has 1 atom stereocenters. The molecule has 0 spiro atoms. The molecule has 0 fully saturated rings. The summed E-state index contributed by atoms with van der Waals surface area (Å²) >= 11 is 0. The summed E-state index contributed by atoms with van der Waals surface area (Å²) in [7, 11) is 0. The summed E-state index contributed by atoms with van der Waals surface area (Å²) in [6.07, 6.45) is 17.6. The van der Waals surface area contributed by atoms with Gasteiger partial charge in [0.15, 0.2) is 0 Å². The van der Waals surface area contributed by atoms with Gasteiger partial charge in [-0.1, -0.05) is 55.4 Å². The van der Waals surface area contributed by atoms with Crippen molar-refractivity contribution in [1.82, 2.24) is 15.0 Å². The molecule has 0 aliphatic carbocycles. The monoisotopic (exact) mass is 536 g/mol. The Kier molecular flexibility index (Phi) is 8.26. The largest absolute Gasteiger partial charge is 0.355 e. The average molecular weight is 537 g/mol. The molecule has 0 unspecified atom stereocenters. The van der Waals surface area contributed by atoms with Crippen LogP contribution in [0.2, 0.25) is 0 Å². The van der Waals surface area contributed by atoms with Crippen LogP contribution in [0.25, 0.3) is 24.3 Å². The smallest absolute Gasteiger partial charge is 0.0926 e. The highest BCUT2D eigenvalue weighted by atomic mass is 14.8. The van der Waals surface area contributed by atoms with Crippen LogP contribution in [-0.4, -0.2) is 26.7 Å². The highest BCUT2D eigenvalue weighted by molar-refractivity contribution is 6.22. The van der Waals surface area contributed by atoms with Gasteiger partial charge in [-0.05, 0) is 120 Å². The van der Waals surface area contributed by atoms with E-state index in [0.717, 1.165) is 57.1 Å². The van der Waals surface area contributed by atoms with Gasteiger partial charge in [-0.25, -0.2) is 0 Å². The number of nitrogens with one attached hydrogen (secondary N) is 3. The number of aromatic nitrogens is 3. The molecule has 0 saturated carbocycles. The number of aliphatic imine (C=N–C) groups is 1. The summed E-state index contributed by atoms with van der Waals surface area (Å²) in [4.78, 5) is 17.0. The quantitative estimate of drug-likeness (QED) is 0.354. The third kappa shape index (κ3) is 4.60. The molecule has 0 saturated heterocycles. The molecule has 4 heteroatoms. The van der Waals surface area contributed by atoms with Gasteiger partial charge in [0.2, 0.25) is 0 Å². The first-order valence-electron chi connectivity index (χ1n) is 15.9. The molecule has 5 rings (SSSR count). The fourth-order valence-corrected chi connectivity index (χ4v) is 7.37. The highest BCUT2D eigenvalue weighted by Crippen LogP contribution is 2.29. The lowest BCUT2D eigenvalue weighted by Gasteiger charge is -2.08. The van der Waals surface area contributed by atoms with E-state index < -0.39 is 0 Å². The van der Waals surface area contributed by atoms with E-state index in [9.17, 15) is 0 Å². The summed E-state index contributed by atoms with van der Waals surface area (Å²) in [5.74, 6) is 0. The summed E-state index contributed by atoms with van der Waals surface area (Å²) in [6.45, 7) is 18.3. The van der Waals surface area contributed by atoms with Gasteiger partial charge >= 0.3 is 0 Å². The molecule has 2 aliphatic heterocycles. The third-order valence-electron chi connectivity index (χ3n) is 9.22. The van der Waals surface area contributed by atoms with Crippen molar-refractivity contribution in [1.29, 1.82) is 0 Å². The molecule has 40 heavy (non-hydrogen) atoms. The predicted molar refractivity (Wildman–Crippen MR) is 172 cm³/mol. The minimum atomic E-state index is 0.0762. The van der Waals surface area contributed by atoms with Crippen molar-refractivity contribution in [3.05, 3.63) is 77.3 Å². The van der Waals surface area contributed by atoms with E-state index >= 15 is 0 Å². The zero-order valence-corrected chi connectivity index (χ0v) is 26.0. The average Bonchev–Trinajstić information content (AvgIpc) is 3.67. The van der Waals surface area contributed by atoms with Crippen molar-refractivity contribution >= 4 is 30.0 Å². The van der Waals surface area contributed by atoms with Crippen molar-refractivity contribution in [2.75, 3.05) is 0 Å². The van der Waals surface area contributed by atoms with Crippen LogP contribution >= 0.6 is 0 Å². The lowest BCUT2D eigenvalue weighted by Crippen LogP contribution is -2.16. The van der Waals surface area contributed by atoms with Crippen molar-refractivity contribution in [3.8, 4) is 0 Å². The standard InChI is InChI=1S/C36H48N4/c1-9-21-22(10-2)30-18-32-25(13-5)26(14-6)34(39-32)20-36-28(16-8)27(15-7)35(40-36)19-33-24(12-4)23(11-3)31(38-33)17-29(21)37-30/h17-20,29,38-40H,9-16H2,1-8H3/b31-17-,32-18?,33-19-,34-20?/t29-/m0/s1. The number of aromatic amines is 3. The Morgan fingerprint density at radius 3 is 1.40 bits per heavy atom. The van der Waals surface area contributed by atoms with Crippen molar-refractivity contribution < 1.29 is 0 Å². The maximum absolute atomic E-state index is 5.38. The van der Waals surface area contributed by atoms with Crippen molar-refractivity contribution in [3.63, 3.8) is 0 Å². The van der Waals surface area contributed by atoms with Crippen LogP contribution in [0.5, 0.6) is 0 Å². The Bertz CT molecular complexity index is 1730. The van der Waals surface area contributed by atoms with Gasteiger partial charge in [0.25, 0.3) is 0 Å². The molecule has 3 N–H and O–H groups in total. The Labute approximate surface area is 239 Å². The fourth-order valence-electron chi connectivity index (χ4n) is 7.37. The lowest BCUT2D eigenvalue weighted by atomic mass is 9.96. The van der Waals surface area contributed by atoms with Crippen molar-refractivity contribution in [2.45, 2.75) is 113 Å². The molecule has 212 valence electrons. The van der Waals surface area contributed by atoms with E-state index in [1.54, 1.807) is 0 Å². The Morgan fingerprint density at radius 1 is 0.500 bits per heavy atom. The van der Waals surface area contributed by atoms with Crippen LogP contribution in [0.15, 0.2) is 16.1 Å². The van der Waals surface area contributed by atoms with Gasteiger partial charge < -0.3 is 15.0 Å². The van der Waals surface area contributed by atoms with Crippen LogP contribution < -0.4 is 21.4 Å². The van der Waals surface area contributed by atoms with Crippen LogP contribution in [0.3, 0.4) is 0 Å². The zero-order valence-electron chi connectivity index (χ0n) is 26.0. The first-order chi connectivity index (χ1) is 19.5. The number of allylic oxidation sites excluding steroid dienone is 1. The second kappa shape index (κ2) is 11.7. The molecule has 3 aromatic rings. The van der Waals surface area contributed by atoms with Gasteiger partial charge in [0.1, 0.15) is 0 Å². The number of hydrogen-bond acceptors (Lipinski definition) is 1. The SMILES string of the molecule is CCC1=C(CC)[C@@H]2/C=c3\[nH]/c(c(CC)c3CC)=C\c3[nH]c(c(CC)c3CC)C=c3[nH]c(c(CC)c3CC)=CC1=N2. The number of fused-ring (bicyclic) bond motifs is 7. The van der Waals surface area contributed by atoms with Crippen LogP contribution in [0.4, 0.5) is 0 Å². The first-order valence-corrected chi connectivity index (χ1v) is 15.9. The molecule has 5 heterocycles. The summed E-state index contributed by atoms with van der Waals surface area (Å²) < 4.78 is 0. The number of H-pyrrole nitrogens is 3. The number of rotatable bonds is 8. The van der Waals surface area contributed by atoms with E-state index in [0.29, 0.717) is 0 Å². The maximum Gasteiger partial charge on any atom is 0.0926 e. The number of nitrogens with zero attached hydrogens (tertiary/aromatic N) is 1. The van der Waals surface area contributed by atoms with Crippen LogP contribution in [0.1, 0.15) is 113 Å². The normalized spacial score (nSPS) is 18.1. The molecule has 0 radical (unpaired) electrons. The third-order valence-corrected chi connectivity index (χ3v) is 9.22. The highest BCUT2D eigenvalue weighted by Gasteiger charge is 2.24. The van der Waals surface area contributed by atoms with Gasteiger partial charge in [-0.3, -0.25) is 4.99 Å². The molecule has 3 aromatic heterocycles. The van der Waals surface area contributed by atoms with E-state index in [4.69, 9.17) is 4.99 Å².